The second kappa shape index (κ2) is 9.99. The van der Waals surface area contributed by atoms with Crippen LogP contribution in [0.4, 0.5) is 14.9 Å². The van der Waals surface area contributed by atoms with Crippen LogP contribution < -0.4 is 10.6 Å². The van der Waals surface area contributed by atoms with E-state index in [0.29, 0.717) is 44.5 Å². The molecule has 1 aromatic heterocycles. The highest BCUT2D eigenvalue weighted by Gasteiger charge is 2.27. The number of amides is 2. The number of carbonyl (C=O) groups excluding carboxylic acids is 1. The maximum absolute atomic E-state index is 13.3. The number of rotatable bonds is 7. The summed E-state index contributed by atoms with van der Waals surface area (Å²) < 4.78 is 40.2. The molecule has 3 rings (SSSR count). The van der Waals surface area contributed by atoms with Crippen molar-refractivity contribution in [2.24, 2.45) is 5.92 Å². The van der Waals surface area contributed by atoms with E-state index in [4.69, 9.17) is 0 Å². The van der Waals surface area contributed by atoms with Gasteiger partial charge in [-0.05, 0) is 67.5 Å². The van der Waals surface area contributed by atoms with Crippen LogP contribution in [0.25, 0.3) is 0 Å². The molecule has 162 valence electrons. The molecule has 9 heteroatoms. The minimum Gasteiger partial charge on any atom is -0.334 e. The molecule has 30 heavy (non-hydrogen) atoms. The Kier molecular flexibility index (Phi) is 7.38. The Bertz CT molecular complexity index is 930. The molecule has 2 aromatic rings. The second-order valence-electron chi connectivity index (χ2n) is 7.60. The third-order valence-electron chi connectivity index (χ3n) is 5.29. The number of alkyl halides is 1. The van der Waals surface area contributed by atoms with E-state index in [0.717, 1.165) is 5.56 Å². The lowest BCUT2D eigenvalue weighted by atomic mass is 9.88. The molecular weight excluding hydrogens is 407 g/mol. The number of nitrogens with one attached hydrogen (secondary N) is 2. The predicted octanol–water partition coefficient (Wildman–Crippen LogP) is 3.55. The van der Waals surface area contributed by atoms with Gasteiger partial charge in [0.2, 0.25) is 10.0 Å². The first-order chi connectivity index (χ1) is 14.3. The number of hydrogen-bond donors (Lipinski definition) is 2. The Hall–Kier alpha value is -2.52. The van der Waals surface area contributed by atoms with E-state index in [1.165, 1.54) is 16.4 Å². The van der Waals surface area contributed by atoms with Crippen molar-refractivity contribution >= 4 is 21.7 Å². The van der Waals surface area contributed by atoms with Crippen molar-refractivity contribution in [2.75, 3.05) is 18.9 Å². The van der Waals surface area contributed by atoms with Crippen LogP contribution in [0.1, 0.15) is 31.2 Å². The van der Waals surface area contributed by atoms with Crippen molar-refractivity contribution in [3.05, 3.63) is 54.4 Å². The van der Waals surface area contributed by atoms with Gasteiger partial charge in [-0.15, -0.1) is 0 Å². The topological polar surface area (TPSA) is 91.4 Å². The molecule has 1 aliphatic carbocycles. The Morgan fingerprint density at radius 2 is 1.87 bits per heavy atom. The monoisotopic (exact) mass is 434 g/mol. The number of aromatic nitrogens is 1. The number of urea groups is 1. The maximum atomic E-state index is 13.3. The van der Waals surface area contributed by atoms with Crippen molar-refractivity contribution in [3.63, 3.8) is 0 Å². The average molecular weight is 435 g/mol. The van der Waals surface area contributed by atoms with Crippen molar-refractivity contribution in [3.8, 4) is 0 Å². The van der Waals surface area contributed by atoms with Gasteiger partial charge in [-0.2, -0.15) is 0 Å². The highest BCUT2D eigenvalue weighted by molar-refractivity contribution is 7.89. The molecule has 1 heterocycles. The molecule has 0 aliphatic heterocycles. The van der Waals surface area contributed by atoms with E-state index in [9.17, 15) is 17.6 Å². The summed E-state index contributed by atoms with van der Waals surface area (Å²) in [6, 6.07) is 9.30. The fourth-order valence-electron chi connectivity index (χ4n) is 3.52. The number of pyridine rings is 1. The average Bonchev–Trinajstić information content (AvgIpc) is 2.75. The molecular formula is C21H27FN4O3S. The predicted molar refractivity (Wildman–Crippen MR) is 113 cm³/mol. The minimum absolute atomic E-state index is 0.158. The highest BCUT2D eigenvalue weighted by Crippen LogP contribution is 2.28. The highest BCUT2D eigenvalue weighted by atomic mass is 32.2. The maximum Gasteiger partial charge on any atom is 0.319 e. The fraction of sp³-hybridized carbons (Fsp3) is 0.429. The van der Waals surface area contributed by atoms with Gasteiger partial charge < -0.3 is 10.6 Å². The Balaban J connectivity index is 1.53. The molecule has 1 aromatic carbocycles. The van der Waals surface area contributed by atoms with Crippen LogP contribution in [0.2, 0.25) is 0 Å². The van der Waals surface area contributed by atoms with Gasteiger partial charge in [0, 0.05) is 38.2 Å². The number of hydrogen-bond acceptors (Lipinski definition) is 4. The summed E-state index contributed by atoms with van der Waals surface area (Å²) in [6.45, 7) is 0.715. The number of carbonyl (C=O) groups is 1. The number of benzene rings is 1. The van der Waals surface area contributed by atoms with Gasteiger partial charge in [0.15, 0.2) is 0 Å². The van der Waals surface area contributed by atoms with E-state index >= 15 is 0 Å². The lowest BCUT2D eigenvalue weighted by molar-refractivity contribution is 0.193. The smallest absolute Gasteiger partial charge is 0.319 e. The lowest BCUT2D eigenvalue weighted by Gasteiger charge is -2.28. The first kappa shape index (κ1) is 22.2. The molecule has 1 aliphatic rings. The molecule has 0 saturated heterocycles. The van der Waals surface area contributed by atoms with Crippen molar-refractivity contribution in [2.45, 2.75) is 43.3 Å². The zero-order valence-corrected chi connectivity index (χ0v) is 17.7. The van der Waals surface area contributed by atoms with E-state index in [1.54, 1.807) is 37.6 Å². The van der Waals surface area contributed by atoms with Crippen LogP contribution in [0, 0.1) is 5.92 Å². The summed E-state index contributed by atoms with van der Waals surface area (Å²) in [6.07, 6.45) is 4.98. The van der Waals surface area contributed by atoms with Gasteiger partial charge >= 0.3 is 6.03 Å². The number of halogens is 1. The van der Waals surface area contributed by atoms with Crippen LogP contribution >= 0.6 is 0 Å². The summed E-state index contributed by atoms with van der Waals surface area (Å²) in [5.74, 6) is 0.182. The molecule has 0 atom stereocenters. The quantitative estimate of drug-likeness (QED) is 0.697. The Labute approximate surface area is 176 Å². The molecule has 0 radical (unpaired) electrons. The van der Waals surface area contributed by atoms with E-state index in [-0.39, 0.29) is 10.8 Å². The summed E-state index contributed by atoms with van der Waals surface area (Å²) in [7, 11) is -2.09. The van der Waals surface area contributed by atoms with Crippen LogP contribution in [0.5, 0.6) is 0 Å². The van der Waals surface area contributed by atoms with Crippen molar-refractivity contribution < 1.29 is 17.6 Å². The number of sulfonamides is 1. The lowest BCUT2D eigenvalue weighted by Crippen LogP contribution is -2.33. The third kappa shape index (κ3) is 5.99. The zero-order chi connectivity index (χ0) is 21.6. The van der Waals surface area contributed by atoms with Gasteiger partial charge in [0.05, 0.1) is 4.90 Å². The summed E-state index contributed by atoms with van der Waals surface area (Å²) in [4.78, 5) is 16.2. The third-order valence-corrected chi connectivity index (χ3v) is 7.13. The molecule has 0 spiro atoms. The van der Waals surface area contributed by atoms with E-state index in [1.807, 2.05) is 6.07 Å². The van der Waals surface area contributed by atoms with Gasteiger partial charge in [0.25, 0.3) is 0 Å². The molecule has 0 unspecified atom stereocenters. The van der Waals surface area contributed by atoms with Crippen LogP contribution in [-0.2, 0) is 16.6 Å². The summed E-state index contributed by atoms with van der Waals surface area (Å²) in [5.41, 5.74) is 1.36. The Morgan fingerprint density at radius 3 is 2.50 bits per heavy atom. The van der Waals surface area contributed by atoms with E-state index in [2.05, 4.69) is 15.6 Å². The minimum atomic E-state index is -3.64. The van der Waals surface area contributed by atoms with Gasteiger partial charge in [-0.25, -0.2) is 21.9 Å². The first-order valence-corrected chi connectivity index (χ1v) is 11.4. The molecule has 1 fully saturated rings. The van der Waals surface area contributed by atoms with Crippen LogP contribution in [0.3, 0.4) is 0 Å². The number of anilines is 1. The molecule has 7 nitrogen and oxygen atoms in total. The largest absolute Gasteiger partial charge is 0.334 e. The van der Waals surface area contributed by atoms with Gasteiger partial charge in [0.1, 0.15) is 6.17 Å². The molecule has 1 saturated carbocycles. The van der Waals surface area contributed by atoms with Crippen LogP contribution in [0.15, 0.2) is 53.7 Å². The second-order valence-corrected chi connectivity index (χ2v) is 9.64. The zero-order valence-electron chi connectivity index (χ0n) is 16.9. The normalized spacial score (nSPS) is 19.4. The van der Waals surface area contributed by atoms with Crippen molar-refractivity contribution in [1.82, 2.24) is 14.6 Å². The van der Waals surface area contributed by atoms with Gasteiger partial charge in [-0.1, -0.05) is 6.07 Å². The SMILES string of the molecule is CN(CC1CCC(F)CC1)S(=O)(=O)c1ccc(NC(=O)NCc2cccnc2)cc1. The molecule has 0 bridgehead atoms. The van der Waals surface area contributed by atoms with Gasteiger partial charge in [-0.3, -0.25) is 4.98 Å². The Morgan fingerprint density at radius 1 is 1.17 bits per heavy atom. The summed E-state index contributed by atoms with van der Waals surface area (Å²) in [5, 5.41) is 5.39. The van der Waals surface area contributed by atoms with Crippen molar-refractivity contribution in [1.29, 1.82) is 0 Å². The first-order valence-electron chi connectivity index (χ1n) is 9.99. The standard InChI is InChI=1S/C21H27FN4O3S/c1-26(15-16-4-6-18(22)7-5-16)30(28,29)20-10-8-19(9-11-20)25-21(27)24-14-17-3-2-12-23-13-17/h2-3,8-13,16,18H,4-7,14-15H2,1H3,(H2,24,25,27). The van der Waals surface area contributed by atoms with E-state index < -0.39 is 22.2 Å². The number of nitrogens with zero attached hydrogens (tertiary/aromatic N) is 2. The van der Waals surface area contributed by atoms with Crippen LogP contribution in [-0.4, -0.2) is 43.5 Å². The molecule has 2 N–H and O–H groups in total. The fourth-order valence-corrected chi connectivity index (χ4v) is 4.76. The molecule has 2 amide bonds. The summed E-state index contributed by atoms with van der Waals surface area (Å²) >= 11 is 0.